The third-order valence-corrected chi connectivity index (χ3v) is 3.70. The van der Waals surface area contributed by atoms with Crippen LogP contribution in [-0.4, -0.2) is 32.6 Å². The minimum absolute atomic E-state index is 0.187. The normalized spacial score (nSPS) is 10.9. The summed E-state index contributed by atoms with van der Waals surface area (Å²) in [5.74, 6) is 1.37. The van der Waals surface area contributed by atoms with Crippen LogP contribution >= 0.6 is 23.1 Å². The molecule has 2 heterocycles. The quantitative estimate of drug-likeness (QED) is 0.639. The van der Waals surface area contributed by atoms with E-state index in [1.54, 1.807) is 11.3 Å². The van der Waals surface area contributed by atoms with Crippen molar-refractivity contribution in [2.75, 3.05) is 12.4 Å². The first-order valence-corrected chi connectivity index (χ1v) is 7.11. The molecule has 7 heteroatoms. The average Bonchev–Trinajstić information content (AvgIpc) is 2.90. The van der Waals surface area contributed by atoms with Crippen LogP contribution in [0.1, 0.15) is 23.0 Å². The van der Waals surface area contributed by atoms with Gasteiger partial charge < -0.3 is 9.52 Å². The summed E-state index contributed by atoms with van der Waals surface area (Å²) in [6.45, 7) is 2.16. The number of hydrogen-bond acceptors (Lipinski definition) is 7. The smallest absolute Gasteiger partial charge is 0.276 e. The van der Waals surface area contributed by atoms with Gasteiger partial charge in [0.25, 0.3) is 5.22 Å². The van der Waals surface area contributed by atoms with E-state index < -0.39 is 0 Å². The first-order chi connectivity index (χ1) is 8.28. The fraction of sp³-hybridized carbons (Fsp3) is 0.500. The zero-order chi connectivity index (χ0) is 12.1. The third kappa shape index (κ3) is 3.79. The molecule has 0 bridgehead atoms. The highest BCUT2D eigenvalue weighted by Crippen LogP contribution is 2.18. The molecule has 92 valence electrons. The molecule has 0 amide bonds. The number of rotatable bonds is 6. The highest BCUT2D eigenvalue weighted by atomic mass is 32.2. The fourth-order valence-electron chi connectivity index (χ4n) is 1.24. The van der Waals surface area contributed by atoms with Crippen LogP contribution in [0.2, 0.25) is 0 Å². The van der Waals surface area contributed by atoms with Crippen molar-refractivity contribution in [2.45, 2.75) is 25.0 Å². The van der Waals surface area contributed by atoms with Crippen molar-refractivity contribution in [1.29, 1.82) is 0 Å². The van der Waals surface area contributed by atoms with Gasteiger partial charge >= 0.3 is 0 Å². The molecule has 0 aliphatic carbocycles. The summed E-state index contributed by atoms with van der Waals surface area (Å²) in [6, 6.07) is 0. The minimum Gasteiger partial charge on any atom is -0.416 e. The van der Waals surface area contributed by atoms with Crippen molar-refractivity contribution in [3.63, 3.8) is 0 Å². The predicted octanol–water partition coefficient (Wildman–Crippen LogP) is 1.90. The summed E-state index contributed by atoms with van der Waals surface area (Å²) in [7, 11) is 0. The van der Waals surface area contributed by atoms with Gasteiger partial charge in [0, 0.05) is 17.7 Å². The van der Waals surface area contributed by atoms with E-state index in [4.69, 9.17) is 9.52 Å². The van der Waals surface area contributed by atoms with Crippen molar-refractivity contribution in [1.82, 2.24) is 15.2 Å². The number of hydrogen-bond donors (Lipinski definition) is 1. The molecule has 0 radical (unpaired) electrons. The number of aliphatic hydroxyl groups is 1. The molecule has 0 aliphatic rings. The summed E-state index contributed by atoms with van der Waals surface area (Å²) in [6.07, 6.45) is 1.31. The fourth-order valence-corrected chi connectivity index (χ4v) is 2.55. The first-order valence-electron chi connectivity index (χ1n) is 5.25. The molecular weight excluding hydrogens is 258 g/mol. The highest BCUT2D eigenvalue weighted by Gasteiger charge is 2.09. The Bertz CT molecular complexity index is 470. The summed E-state index contributed by atoms with van der Waals surface area (Å²) < 4.78 is 5.47. The van der Waals surface area contributed by atoms with Crippen LogP contribution in [0.3, 0.4) is 0 Å². The Morgan fingerprint density at radius 1 is 1.47 bits per heavy atom. The summed E-state index contributed by atoms with van der Waals surface area (Å²) >= 11 is 3.08. The van der Waals surface area contributed by atoms with E-state index in [0.717, 1.165) is 22.9 Å². The Kier molecular flexibility index (Phi) is 4.52. The van der Waals surface area contributed by atoms with E-state index >= 15 is 0 Å². The number of aromatic nitrogens is 3. The lowest BCUT2D eigenvalue weighted by Crippen LogP contribution is -1.88. The molecular formula is C10H13N3O2S2. The molecule has 0 aliphatic heterocycles. The van der Waals surface area contributed by atoms with Gasteiger partial charge in [-0.15, -0.1) is 21.5 Å². The molecule has 0 unspecified atom stereocenters. The average molecular weight is 271 g/mol. The lowest BCUT2D eigenvalue weighted by atomic mass is 10.3. The zero-order valence-electron chi connectivity index (χ0n) is 9.42. The molecule has 0 aromatic carbocycles. The molecule has 2 rings (SSSR count). The molecule has 2 aromatic rings. The number of thioether (sulfide) groups is 1. The van der Waals surface area contributed by atoms with E-state index in [1.165, 1.54) is 11.8 Å². The number of aliphatic hydroxyl groups excluding tert-OH is 1. The van der Waals surface area contributed by atoms with Crippen LogP contribution in [0, 0.1) is 6.92 Å². The van der Waals surface area contributed by atoms with Gasteiger partial charge in [-0.25, -0.2) is 4.98 Å². The maximum absolute atomic E-state index is 8.66. The van der Waals surface area contributed by atoms with Gasteiger partial charge in [-0.05, 0) is 13.3 Å². The maximum atomic E-state index is 8.66. The Balaban J connectivity index is 1.89. The molecule has 0 saturated carbocycles. The second kappa shape index (κ2) is 6.13. The van der Waals surface area contributed by atoms with Gasteiger partial charge in [-0.2, -0.15) is 0 Å². The molecule has 0 spiro atoms. The summed E-state index contributed by atoms with van der Waals surface area (Å²) in [5, 5.41) is 20.1. The van der Waals surface area contributed by atoms with Gasteiger partial charge in [0.15, 0.2) is 0 Å². The van der Waals surface area contributed by atoms with Crippen molar-refractivity contribution in [2.24, 2.45) is 0 Å². The van der Waals surface area contributed by atoms with E-state index in [0.29, 0.717) is 17.5 Å². The maximum Gasteiger partial charge on any atom is 0.276 e. The first kappa shape index (κ1) is 12.5. The zero-order valence-corrected chi connectivity index (χ0v) is 11.1. The molecule has 2 aromatic heterocycles. The standard InChI is InChI=1S/C10H13N3O2S2/c1-7-11-8(6-17-7)5-9-12-13-10(15-9)16-4-2-3-14/h6,14H,2-5H2,1H3. The molecule has 1 N–H and O–H groups in total. The van der Waals surface area contributed by atoms with Crippen LogP contribution < -0.4 is 0 Å². The van der Waals surface area contributed by atoms with E-state index in [9.17, 15) is 0 Å². The largest absolute Gasteiger partial charge is 0.416 e. The Hall–Kier alpha value is -0.920. The van der Waals surface area contributed by atoms with E-state index in [1.807, 2.05) is 12.3 Å². The summed E-state index contributed by atoms with van der Waals surface area (Å²) in [4.78, 5) is 4.34. The van der Waals surface area contributed by atoms with Crippen LogP contribution in [0.4, 0.5) is 0 Å². The van der Waals surface area contributed by atoms with Crippen LogP contribution in [0.15, 0.2) is 15.0 Å². The monoisotopic (exact) mass is 271 g/mol. The van der Waals surface area contributed by atoms with Gasteiger partial charge in [-0.1, -0.05) is 11.8 Å². The van der Waals surface area contributed by atoms with Crippen LogP contribution in [-0.2, 0) is 6.42 Å². The number of thiazole rings is 1. The highest BCUT2D eigenvalue weighted by molar-refractivity contribution is 7.99. The van der Waals surface area contributed by atoms with Crippen LogP contribution in [0.5, 0.6) is 0 Å². The lowest BCUT2D eigenvalue weighted by Gasteiger charge is -1.92. The van der Waals surface area contributed by atoms with E-state index in [2.05, 4.69) is 15.2 Å². The minimum atomic E-state index is 0.187. The molecule has 17 heavy (non-hydrogen) atoms. The SMILES string of the molecule is Cc1nc(Cc2nnc(SCCCO)o2)cs1. The topological polar surface area (TPSA) is 72.0 Å². The number of nitrogens with zero attached hydrogens (tertiary/aromatic N) is 3. The van der Waals surface area contributed by atoms with Crippen molar-refractivity contribution in [3.8, 4) is 0 Å². The third-order valence-electron chi connectivity index (χ3n) is 1.98. The lowest BCUT2D eigenvalue weighted by molar-refractivity contribution is 0.296. The Labute approximate surface area is 107 Å². The second-order valence-electron chi connectivity index (χ2n) is 3.42. The summed E-state index contributed by atoms with van der Waals surface area (Å²) in [5.41, 5.74) is 0.961. The van der Waals surface area contributed by atoms with E-state index in [-0.39, 0.29) is 6.61 Å². The van der Waals surface area contributed by atoms with Gasteiger partial charge in [0.1, 0.15) is 0 Å². The molecule has 0 atom stereocenters. The second-order valence-corrected chi connectivity index (χ2v) is 5.53. The van der Waals surface area contributed by atoms with Crippen molar-refractivity contribution in [3.05, 3.63) is 22.0 Å². The predicted molar refractivity (Wildman–Crippen MR) is 66.4 cm³/mol. The van der Waals surface area contributed by atoms with Crippen molar-refractivity contribution >= 4 is 23.1 Å². The molecule has 0 fully saturated rings. The van der Waals surface area contributed by atoms with Crippen LogP contribution in [0.25, 0.3) is 0 Å². The van der Waals surface area contributed by atoms with Gasteiger partial charge in [0.05, 0.1) is 17.1 Å². The van der Waals surface area contributed by atoms with Gasteiger partial charge in [0.2, 0.25) is 5.89 Å². The van der Waals surface area contributed by atoms with Gasteiger partial charge in [-0.3, -0.25) is 0 Å². The Morgan fingerprint density at radius 3 is 3.06 bits per heavy atom. The molecule has 5 nitrogen and oxygen atoms in total. The molecule has 0 saturated heterocycles. The number of aryl methyl sites for hydroxylation is 1. The van der Waals surface area contributed by atoms with Crippen molar-refractivity contribution < 1.29 is 9.52 Å². The Morgan fingerprint density at radius 2 is 2.35 bits per heavy atom.